The summed E-state index contributed by atoms with van der Waals surface area (Å²) in [6.07, 6.45) is 2.17. The number of aromatic nitrogens is 2. The van der Waals surface area contributed by atoms with Crippen molar-refractivity contribution in [3.63, 3.8) is 0 Å². The number of rotatable bonds is 11. The lowest BCUT2D eigenvalue weighted by Crippen LogP contribution is -2.24. The highest BCUT2D eigenvalue weighted by Gasteiger charge is 2.25. The van der Waals surface area contributed by atoms with Crippen molar-refractivity contribution >= 4 is 0 Å². The molecule has 0 radical (unpaired) electrons. The van der Waals surface area contributed by atoms with Crippen LogP contribution in [0.2, 0.25) is 0 Å². The number of ether oxygens (including phenoxy) is 4. The number of benzene rings is 4. The molecule has 0 unspecified atom stereocenters. The Morgan fingerprint density at radius 3 is 1.89 bits per heavy atom. The van der Waals surface area contributed by atoms with Gasteiger partial charge in [-0.3, -0.25) is 4.90 Å². The monoisotopic (exact) mass is 601 g/mol. The SMILES string of the molecule is CCCCn1c(-c2c(C)cccc2C)nc(-c2ccccc2)c1CN(Cc1ccc2c(c1)OCO2)Cc1ccc2c(c1)OCO2. The van der Waals surface area contributed by atoms with Crippen molar-refractivity contribution in [1.29, 1.82) is 0 Å². The fourth-order valence-corrected chi connectivity index (χ4v) is 6.36. The van der Waals surface area contributed by atoms with Gasteiger partial charge in [-0.2, -0.15) is 0 Å². The largest absolute Gasteiger partial charge is 0.454 e. The highest BCUT2D eigenvalue weighted by molar-refractivity contribution is 5.72. The van der Waals surface area contributed by atoms with E-state index >= 15 is 0 Å². The van der Waals surface area contributed by atoms with Crippen LogP contribution < -0.4 is 18.9 Å². The Kier molecular flexibility index (Phi) is 8.18. The van der Waals surface area contributed by atoms with E-state index in [0.717, 1.165) is 83.7 Å². The maximum absolute atomic E-state index is 5.74. The second-order valence-corrected chi connectivity index (χ2v) is 11.9. The highest BCUT2D eigenvalue weighted by atomic mass is 16.7. The number of nitrogens with zero attached hydrogens (tertiary/aromatic N) is 3. The van der Waals surface area contributed by atoms with E-state index in [1.807, 2.05) is 12.1 Å². The molecule has 7 heteroatoms. The predicted molar refractivity (Wildman–Crippen MR) is 176 cm³/mol. The predicted octanol–water partition coefficient (Wildman–Crippen LogP) is 8.29. The molecule has 0 saturated carbocycles. The summed E-state index contributed by atoms with van der Waals surface area (Å²) in [6, 6.07) is 29.6. The van der Waals surface area contributed by atoms with Gasteiger partial charge in [0.2, 0.25) is 13.6 Å². The van der Waals surface area contributed by atoms with E-state index in [-0.39, 0.29) is 13.6 Å². The topological polar surface area (TPSA) is 58.0 Å². The van der Waals surface area contributed by atoms with Crippen molar-refractivity contribution in [1.82, 2.24) is 14.5 Å². The standard InChI is InChI=1S/C38H39N3O4/c1-4-5-18-41-31(37(30-12-7-6-8-13-30)39-38(41)36-26(2)10-9-11-27(36)3)23-40(21-28-14-16-32-34(19-28)44-24-42-32)22-29-15-17-33-35(20-29)45-25-43-33/h6-17,19-20H,4-5,18,21-25H2,1-3H3. The van der Waals surface area contributed by atoms with Crippen LogP contribution in [-0.2, 0) is 26.2 Å². The Balaban J connectivity index is 1.34. The number of unbranched alkanes of at least 4 members (excludes halogenated alkanes) is 1. The molecule has 0 atom stereocenters. The summed E-state index contributed by atoms with van der Waals surface area (Å²) in [4.78, 5) is 7.93. The summed E-state index contributed by atoms with van der Waals surface area (Å²) < 4.78 is 25.2. The zero-order valence-electron chi connectivity index (χ0n) is 26.2. The highest BCUT2D eigenvalue weighted by Crippen LogP contribution is 2.37. The van der Waals surface area contributed by atoms with E-state index in [0.29, 0.717) is 6.54 Å². The van der Waals surface area contributed by atoms with Gasteiger partial charge in [-0.15, -0.1) is 0 Å². The van der Waals surface area contributed by atoms with Crippen molar-refractivity contribution in [2.45, 2.75) is 59.8 Å². The van der Waals surface area contributed by atoms with Crippen molar-refractivity contribution in [2.24, 2.45) is 0 Å². The molecular formula is C38H39N3O4. The summed E-state index contributed by atoms with van der Waals surface area (Å²) in [5, 5.41) is 0. The van der Waals surface area contributed by atoms with Gasteiger partial charge >= 0.3 is 0 Å². The third-order valence-corrected chi connectivity index (χ3v) is 8.62. The lowest BCUT2D eigenvalue weighted by molar-refractivity contribution is 0.173. The normalized spacial score (nSPS) is 13.2. The van der Waals surface area contributed by atoms with Crippen molar-refractivity contribution < 1.29 is 18.9 Å². The molecule has 0 saturated heterocycles. The molecule has 0 amide bonds. The smallest absolute Gasteiger partial charge is 0.231 e. The molecule has 0 N–H and O–H groups in total. The Morgan fingerprint density at radius 1 is 0.689 bits per heavy atom. The minimum absolute atomic E-state index is 0.262. The third-order valence-electron chi connectivity index (χ3n) is 8.62. The third kappa shape index (κ3) is 6.00. The summed E-state index contributed by atoms with van der Waals surface area (Å²) >= 11 is 0. The van der Waals surface area contributed by atoms with E-state index in [4.69, 9.17) is 23.9 Å². The molecule has 230 valence electrons. The van der Waals surface area contributed by atoms with E-state index in [2.05, 4.69) is 103 Å². The van der Waals surface area contributed by atoms with Gasteiger partial charge in [-0.05, 0) is 66.8 Å². The molecule has 4 aromatic carbocycles. The second kappa shape index (κ2) is 12.7. The first-order chi connectivity index (χ1) is 22.1. The van der Waals surface area contributed by atoms with Crippen LogP contribution in [0.25, 0.3) is 22.6 Å². The van der Waals surface area contributed by atoms with Crippen LogP contribution >= 0.6 is 0 Å². The number of hydrogen-bond acceptors (Lipinski definition) is 6. The fraction of sp³-hybridized carbons (Fsp3) is 0.289. The fourth-order valence-electron chi connectivity index (χ4n) is 6.36. The molecule has 2 aliphatic rings. The molecule has 3 heterocycles. The van der Waals surface area contributed by atoms with Crippen LogP contribution in [0.4, 0.5) is 0 Å². The Labute approximate surface area is 265 Å². The molecule has 1 aromatic heterocycles. The van der Waals surface area contributed by atoms with Gasteiger partial charge in [0.15, 0.2) is 23.0 Å². The van der Waals surface area contributed by atoms with Gasteiger partial charge in [-0.25, -0.2) is 4.98 Å². The van der Waals surface area contributed by atoms with E-state index in [1.165, 1.54) is 22.4 Å². The molecule has 7 rings (SSSR count). The lowest BCUT2D eigenvalue weighted by atomic mass is 10.0. The van der Waals surface area contributed by atoms with Crippen molar-refractivity contribution in [2.75, 3.05) is 13.6 Å². The molecule has 5 aromatic rings. The summed E-state index contributed by atoms with van der Waals surface area (Å²) in [6.45, 7) is 10.2. The zero-order valence-corrected chi connectivity index (χ0v) is 26.2. The Hall–Kier alpha value is -4.75. The molecule has 0 spiro atoms. The van der Waals surface area contributed by atoms with Crippen LogP contribution in [0.3, 0.4) is 0 Å². The Morgan fingerprint density at radius 2 is 1.29 bits per heavy atom. The average Bonchev–Trinajstić information content (AvgIpc) is 3.79. The van der Waals surface area contributed by atoms with Gasteiger partial charge in [0.05, 0.1) is 11.4 Å². The van der Waals surface area contributed by atoms with Gasteiger partial charge in [-0.1, -0.05) is 74.0 Å². The minimum atomic E-state index is 0.262. The van der Waals surface area contributed by atoms with Crippen molar-refractivity contribution in [3.05, 3.63) is 113 Å². The van der Waals surface area contributed by atoms with Crippen LogP contribution in [0.1, 0.15) is 47.7 Å². The minimum Gasteiger partial charge on any atom is -0.454 e. The van der Waals surface area contributed by atoms with Crippen LogP contribution in [-0.4, -0.2) is 28.0 Å². The molecule has 0 aliphatic carbocycles. The van der Waals surface area contributed by atoms with Crippen LogP contribution in [0.5, 0.6) is 23.0 Å². The van der Waals surface area contributed by atoms with Gasteiger partial charge in [0.1, 0.15) is 5.82 Å². The van der Waals surface area contributed by atoms with E-state index < -0.39 is 0 Å². The maximum Gasteiger partial charge on any atom is 0.231 e. The number of aryl methyl sites for hydroxylation is 2. The molecule has 45 heavy (non-hydrogen) atoms. The number of hydrogen-bond donors (Lipinski definition) is 0. The summed E-state index contributed by atoms with van der Waals surface area (Å²) in [7, 11) is 0. The Bertz CT molecular complexity index is 1730. The van der Waals surface area contributed by atoms with E-state index in [1.54, 1.807) is 0 Å². The number of fused-ring (bicyclic) bond motifs is 2. The van der Waals surface area contributed by atoms with Gasteiger partial charge < -0.3 is 23.5 Å². The first-order valence-electron chi connectivity index (χ1n) is 15.8. The zero-order chi connectivity index (χ0) is 30.8. The van der Waals surface area contributed by atoms with Crippen LogP contribution in [0, 0.1) is 13.8 Å². The summed E-state index contributed by atoms with van der Waals surface area (Å²) in [5.41, 5.74) is 9.39. The molecule has 0 fully saturated rings. The molecule has 7 nitrogen and oxygen atoms in total. The summed E-state index contributed by atoms with van der Waals surface area (Å²) in [5.74, 6) is 4.22. The van der Waals surface area contributed by atoms with Gasteiger partial charge in [0, 0.05) is 37.3 Å². The first-order valence-corrected chi connectivity index (χ1v) is 15.8. The van der Waals surface area contributed by atoms with Gasteiger partial charge in [0.25, 0.3) is 0 Å². The first kappa shape index (κ1) is 29.0. The van der Waals surface area contributed by atoms with E-state index in [9.17, 15) is 0 Å². The number of imidazole rings is 1. The van der Waals surface area contributed by atoms with Crippen LogP contribution in [0.15, 0.2) is 84.9 Å². The lowest BCUT2D eigenvalue weighted by Gasteiger charge is -2.25. The quantitative estimate of drug-likeness (QED) is 0.152. The molecule has 2 aliphatic heterocycles. The van der Waals surface area contributed by atoms with Crippen molar-refractivity contribution in [3.8, 4) is 45.6 Å². The molecule has 0 bridgehead atoms. The molecular weight excluding hydrogens is 562 g/mol. The average molecular weight is 602 g/mol. The maximum atomic E-state index is 5.74. The second-order valence-electron chi connectivity index (χ2n) is 11.9.